The number of fused-ring (bicyclic) bond motifs is 1. The number of nitrogens with zero attached hydrogens (tertiary/aromatic N) is 2. The van der Waals surface area contributed by atoms with Crippen LogP contribution in [0.15, 0.2) is 30.5 Å². The van der Waals surface area contributed by atoms with Crippen molar-refractivity contribution >= 4 is 0 Å². The number of hydrogen-bond donors (Lipinski definition) is 1. The molecular weight excluding hydrogens is 278 g/mol. The Hall–Kier alpha value is -2.01. The number of piperidine rings is 1. The molecule has 0 bridgehead atoms. The van der Waals surface area contributed by atoms with E-state index >= 15 is 0 Å². The average molecular weight is 299 g/mol. The van der Waals surface area contributed by atoms with E-state index in [2.05, 4.69) is 33.3 Å². The third kappa shape index (κ3) is 2.81. The quantitative estimate of drug-likeness (QED) is 0.946. The molecule has 5 heteroatoms. The zero-order chi connectivity index (χ0) is 14.8. The molecule has 2 aliphatic rings. The fourth-order valence-corrected chi connectivity index (χ4v) is 3.39. The van der Waals surface area contributed by atoms with Gasteiger partial charge < -0.3 is 9.47 Å². The minimum atomic E-state index is 0.563. The van der Waals surface area contributed by atoms with Crippen molar-refractivity contribution in [2.45, 2.75) is 25.3 Å². The van der Waals surface area contributed by atoms with Crippen LogP contribution in [0.5, 0.6) is 11.5 Å². The normalized spacial score (nSPS) is 21.7. The van der Waals surface area contributed by atoms with E-state index in [1.807, 2.05) is 12.3 Å². The Morgan fingerprint density at radius 3 is 2.95 bits per heavy atom. The maximum absolute atomic E-state index is 5.68. The summed E-state index contributed by atoms with van der Waals surface area (Å²) in [4.78, 5) is 2.51. The van der Waals surface area contributed by atoms with Crippen LogP contribution in [0.3, 0.4) is 0 Å². The molecule has 0 radical (unpaired) electrons. The van der Waals surface area contributed by atoms with Gasteiger partial charge in [0.25, 0.3) is 0 Å². The van der Waals surface area contributed by atoms with Gasteiger partial charge in [-0.25, -0.2) is 0 Å². The highest BCUT2D eigenvalue weighted by Crippen LogP contribution is 2.32. The standard InChI is InChI=1S/C17H21N3O2/c1-2-14(15-5-6-18-19-15)12-20(7-1)11-13-3-4-16-17(10-13)22-9-8-21-16/h3-6,10,14H,1-2,7-9,11-12H2,(H,18,19). The molecule has 1 fully saturated rings. The van der Waals surface area contributed by atoms with E-state index in [1.165, 1.54) is 24.1 Å². The molecule has 0 amide bonds. The topological polar surface area (TPSA) is 50.4 Å². The lowest BCUT2D eigenvalue weighted by molar-refractivity contribution is 0.170. The Bertz CT molecular complexity index is 627. The summed E-state index contributed by atoms with van der Waals surface area (Å²) in [5.41, 5.74) is 2.54. The largest absolute Gasteiger partial charge is 0.486 e. The van der Waals surface area contributed by atoms with Crippen LogP contribution in [0.4, 0.5) is 0 Å². The number of likely N-dealkylation sites (tertiary alicyclic amines) is 1. The second-order valence-electron chi connectivity index (χ2n) is 6.06. The fraction of sp³-hybridized carbons (Fsp3) is 0.471. The Balaban J connectivity index is 1.44. The number of aromatic amines is 1. The number of hydrogen-bond acceptors (Lipinski definition) is 4. The molecule has 0 spiro atoms. The number of ether oxygens (including phenoxy) is 2. The molecule has 1 atom stereocenters. The molecule has 4 rings (SSSR count). The van der Waals surface area contributed by atoms with Crippen molar-refractivity contribution in [3.05, 3.63) is 41.7 Å². The van der Waals surface area contributed by atoms with Gasteiger partial charge in [-0.1, -0.05) is 6.07 Å². The molecule has 3 heterocycles. The highest BCUT2D eigenvalue weighted by atomic mass is 16.6. The van der Waals surface area contributed by atoms with Crippen molar-refractivity contribution in [2.75, 3.05) is 26.3 Å². The predicted octanol–water partition coefficient (Wildman–Crippen LogP) is 2.56. The molecule has 0 aliphatic carbocycles. The van der Waals surface area contributed by atoms with Crippen LogP contribution in [0, 0.1) is 0 Å². The molecule has 2 aliphatic heterocycles. The zero-order valence-corrected chi connectivity index (χ0v) is 12.6. The van der Waals surface area contributed by atoms with Gasteiger partial charge >= 0.3 is 0 Å². The summed E-state index contributed by atoms with van der Waals surface area (Å²) in [6.07, 6.45) is 4.31. The lowest BCUT2D eigenvalue weighted by atomic mass is 9.94. The van der Waals surface area contributed by atoms with Gasteiger partial charge in [0.05, 0.1) is 0 Å². The van der Waals surface area contributed by atoms with Gasteiger partial charge in [-0.2, -0.15) is 5.10 Å². The molecule has 1 aromatic carbocycles. The van der Waals surface area contributed by atoms with Crippen LogP contribution in [0.1, 0.15) is 30.0 Å². The lowest BCUT2D eigenvalue weighted by Crippen LogP contribution is -2.34. The van der Waals surface area contributed by atoms with E-state index in [0.717, 1.165) is 31.1 Å². The first-order chi connectivity index (χ1) is 10.9. The van der Waals surface area contributed by atoms with Crippen LogP contribution in [0.2, 0.25) is 0 Å². The minimum Gasteiger partial charge on any atom is -0.486 e. The van der Waals surface area contributed by atoms with E-state index in [1.54, 1.807) is 0 Å². The third-order valence-corrected chi connectivity index (χ3v) is 4.48. The van der Waals surface area contributed by atoms with Crippen molar-refractivity contribution in [1.82, 2.24) is 15.1 Å². The van der Waals surface area contributed by atoms with Crippen LogP contribution in [-0.4, -0.2) is 41.4 Å². The number of benzene rings is 1. The molecule has 1 saturated heterocycles. The number of H-pyrrole nitrogens is 1. The van der Waals surface area contributed by atoms with Gasteiger partial charge in [-0.3, -0.25) is 10.00 Å². The summed E-state index contributed by atoms with van der Waals surface area (Å²) in [7, 11) is 0. The molecule has 22 heavy (non-hydrogen) atoms. The van der Waals surface area contributed by atoms with Crippen LogP contribution < -0.4 is 9.47 Å². The van der Waals surface area contributed by atoms with Gasteiger partial charge in [0.1, 0.15) is 13.2 Å². The van der Waals surface area contributed by atoms with Crippen molar-refractivity contribution in [2.24, 2.45) is 0 Å². The summed E-state index contributed by atoms with van der Waals surface area (Å²) < 4.78 is 11.3. The molecule has 5 nitrogen and oxygen atoms in total. The van der Waals surface area contributed by atoms with E-state index in [-0.39, 0.29) is 0 Å². The molecule has 2 aromatic rings. The lowest BCUT2D eigenvalue weighted by Gasteiger charge is -2.32. The van der Waals surface area contributed by atoms with E-state index in [4.69, 9.17) is 9.47 Å². The van der Waals surface area contributed by atoms with E-state index in [0.29, 0.717) is 19.1 Å². The average Bonchev–Trinajstić information content (AvgIpc) is 3.10. The van der Waals surface area contributed by atoms with Gasteiger partial charge in [-0.05, 0) is 43.1 Å². The summed E-state index contributed by atoms with van der Waals surface area (Å²) >= 11 is 0. The van der Waals surface area contributed by atoms with E-state index in [9.17, 15) is 0 Å². The summed E-state index contributed by atoms with van der Waals surface area (Å²) in [6, 6.07) is 8.39. The fourth-order valence-electron chi connectivity index (χ4n) is 3.39. The van der Waals surface area contributed by atoms with Crippen molar-refractivity contribution < 1.29 is 9.47 Å². The van der Waals surface area contributed by atoms with Gasteiger partial charge in [0.15, 0.2) is 11.5 Å². The molecular formula is C17H21N3O2. The van der Waals surface area contributed by atoms with Gasteiger partial charge in [-0.15, -0.1) is 0 Å². The summed E-state index contributed by atoms with van der Waals surface area (Å²) in [5.74, 6) is 2.31. The highest BCUT2D eigenvalue weighted by Gasteiger charge is 2.22. The highest BCUT2D eigenvalue weighted by molar-refractivity contribution is 5.43. The van der Waals surface area contributed by atoms with Gasteiger partial charge in [0.2, 0.25) is 0 Å². The Kier molecular flexibility index (Phi) is 3.72. The molecule has 0 saturated carbocycles. The number of rotatable bonds is 3. The van der Waals surface area contributed by atoms with Crippen molar-refractivity contribution in [3.63, 3.8) is 0 Å². The molecule has 1 N–H and O–H groups in total. The third-order valence-electron chi connectivity index (χ3n) is 4.48. The van der Waals surface area contributed by atoms with Gasteiger partial charge in [0, 0.05) is 30.9 Å². The number of aromatic nitrogens is 2. The first-order valence-electron chi connectivity index (χ1n) is 7.98. The Morgan fingerprint density at radius 1 is 1.18 bits per heavy atom. The maximum Gasteiger partial charge on any atom is 0.161 e. The second-order valence-corrected chi connectivity index (χ2v) is 6.06. The first kappa shape index (κ1) is 13.6. The molecule has 1 aromatic heterocycles. The molecule has 116 valence electrons. The minimum absolute atomic E-state index is 0.563. The summed E-state index contributed by atoms with van der Waals surface area (Å²) in [6.45, 7) is 4.48. The predicted molar refractivity (Wildman–Crippen MR) is 83.3 cm³/mol. The maximum atomic E-state index is 5.68. The smallest absolute Gasteiger partial charge is 0.161 e. The SMILES string of the molecule is c1cc(C2CCCN(Cc3ccc4c(c3)OCCO4)C2)[nH]n1. The monoisotopic (exact) mass is 299 g/mol. The van der Waals surface area contributed by atoms with Crippen molar-refractivity contribution in [3.8, 4) is 11.5 Å². The second kappa shape index (κ2) is 6.01. The van der Waals surface area contributed by atoms with Crippen LogP contribution in [0.25, 0.3) is 0 Å². The number of nitrogens with one attached hydrogen (secondary N) is 1. The zero-order valence-electron chi connectivity index (χ0n) is 12.6. The molecule has 1 unspecified atom stereocenters. The Morgan fingerprint density at radius 2 is 2.09 bits per heavy atom. The van der Waals surface area contributed by atoms with Crippen LogP contribution >= 0.6 is 0 Å². The van der Waals surface area contributed by atoms with E-state index < -0.39 is 0 Å². The van der Waals surface area contributed by atoms with Crippen molar-refractivity contribution in [1.29, 1.82) is 0 Å². The Labute approximate surface area is 130 Å². The van der Waals surface area contributed by atoms with Crippen LogP contribution in [-0.2, 0) is 6.54 Å². The first-order valence-corrected chi connectivity index (χ1v) is 7.98. The summed E-state index contributed by atoms with van der Waals surface area (Å²) in [5, 5.41) is 7.20.